The Balaban J connectivity index is 0.0000112. The number of carboxylic acid groups (broad SMARTS) is 1. The van der Waals surface area contributed by atoms with E-state index in [2.05, 4.69) is 43.5 Å². The minimum atomic E-state index is -5.91. The van der Waals surface area contributed by atoms with Gasteiger partial charge in [0, 0.05) is 43.5 Å². The van der Waals surface area contributed by atoms with Crippen LogP contribution in [0.5, 0.6) is 0 Å². The molecule has 0 spiro atoms. The molecule has 57 heavy (non-hydrogen) atoms. The summed E-state index contributed by atoms with van der Waals surface area (Å²) < 4.78 is 60.7. The van der Waals surface area contributed by atoms with Crippen LogP contribution in [0.2, 0.25) is 0 Å². The first-order valence-electron chi connectivity index (χ1n) is 16.1. The van der Waals surface area contributed by atoms with E-state index in [9.17, 15) is 62.7 Å². The number of amides is 2. The van der Waals surface area contributed by atoms with Gasteiger partial charge in [0.1, 0.15) is 36.3 Å². The van der Waals surface area contributed by atoms with Crippen molar-refractivity contribution in [1.29, 1.82) is 0 Å². The molecule has 31 heteroatoms. The number of nitrogens with one attached hydrogen (secondary N) is 2. The van der Waals surface area contributed by atoms with Crippen LogP contribution in [0.15, 0.2) is 12.7 Å². The summed E-state index contributed by atoms with van der Waals surface area (Å²) in [5.74, 6) is -2.43. The van der Waals surface area contributed by atoms with E-state index in [4.69, 9.17) is 15.6 Å². The molecule has 0 aromatic carbocycles. The van der Waals surface area contributed by atoms with E-state index >= 15 is 0 Å². The van der Waals surface area contributed by atoms with Gasteiger partial charge < -0.3 is 69.6 Å². The van der Waals surface area contributed by atoms with Gasteiger partial charge in [-0.25, -0.2) is 19.3 Å². The number of aromatic nitrogens is 4. The second kappa shape index (κ2) is 21.8. The first-order valence-corrected chi connectivity index (χ1v) is 21.5. The first kappa shape index (κ1) is 50.8. The molecule has 0 radical (unpaired) electrons. The average Bonchev–Trinajstić information content (AvgIpc) is 3.64. The quantitative estimate of drug-likeness (QED) is 0.0310. The summed E-state index contributed by atoms with van der Waals surface area (Å²) in [7, 11) is -17.4. The number of fused-ring (bicyclic) bond motifs is 1. The number of aliphatic carboxylic acids is 1. The van der Waals surface area contributed by atoms with Crippen molar-refractivity contribution in [2.24, 2.45) is 5.41 Å². The van der Waals surface area contributed by atoms with Gasteiger partial charge in [-0.05, 0) is 6.42 Å². The van der Waals surface area contributed by atoms with Crippen molar-refractivity contribution >= 4 is 75.1 Å². The molecule has 1 aliphatic heterocycles. The number of imidazole rings is 1. The summed E-state index contributed by atoms with van der Waals surface area (Å²) in [5.41, 5.74) is 4.06. The Hall–Kier alpha value is -2.37. The standard InChI is InChI=1S/C26H42N7O19P3S.Li/c1-26(2,21(39)24(40)29-7-6-15(34)28-8-9-56-17(37)5-3-4-16(35)36)11-49-55(46,47)52-54(44,45)48-10-14-20(51-53(41,42)43)19(38)25(50-14)33-13-32-18-22(27)30-12-31-23(18)33;/h12-14,19-21,25,38-39H,3-11H2,1-2H3,(H,28,34)(H,29,40)(H,35,36)(H,44,45)(H,46,47)(H2,27,30,31)(H2,41,42,43);/q;+1/p-3. The smallest absolute Gasteiger partial charge is 0.756 e. The average molecular weight is 886 g/mol. The molecule has 1 fully saturated rings. The summed E-state index contributed by atoms with van der Waals surface area (Å²) in [6.07, 6.45) is -7.41. The van der Waals surface area contributed by atoms with Crippen LogP contribution < -0.4 is 49.9 Å². The second-order valence-electron chi connectivity index (χ2n) is 12.5. The molecule has 0 bridgehead atoms. The molecule has 8 unspecified atom stereocenters. The number of phosphoric ester groups is 3. The first-order chi connectivity index (χ1) is 25.9. The number of carboxylic acids is 1. The van der Waals surface area contributed by atoms with E-state index < -0.39 is 90.5 Å². The molecule has 1 saturated heterocycles. The number of nitrogen functional groups attached to an aromatic ring is 1. The minimum absolute atomic E-state index is 0. The van der Waals surface area contributed by atoms with Gasteiger partial charge in [0.15, 0.2) is 22.8 Å². The maximum atomic E-state index is 12.5. The third-order valence-electron chi connectivity index (χ3n) is 7.52. The van der Waals surface area contributed by atoms with Crippen molar-refractivity contribution < 1.29 is 109 Å². The molecule has 2 aromatic rings. The number of thioether (sulfide) groups is 1. The number of ether oxygens (including phenoxy) is 1. The van der Waals surface area contributed by atoms with Crippen LogP contribution in [0.1, 0.15) is 45.8 Å². The second-order valence-corrected chi connectivity index (χ2v) is 17.7. The molecule has 3 heterocycles. The van der Waals surface area contributed by atoms with Gasteiger partial charge in [-0.15, -0.1) is 0 Å². The predicted octanol–water partition coefficient (Wildman–Crippen LogP) is -5.97. The zero-order valence-corrected chi connectivity index (χ0v) is 33.9. The van der Waals surface area contributed by atoms with E-state index in [1.807, 2.05) is 0 Å². The van der Waals surface area contributed by atoms with Crippen molar-refractivity contribution in [1.82, 2.24) is 30.2 Å². The van der Waals surface area contributed by atoms with Gasteiger partial charge in [-0.3, -0.25) is 37.4 Å². The minimum Gasteiger partial charge on any atom is -0.756 e. The molecule has 0 saturated carbocycles. The number of aliphatic hydroxyl groups excluding tert-OH is 2. The zero-order chi connectivity index (χ0) is 42.1. The summed E-state index contributed by atoms with van der Waals surface area (Å²) in [6.45, 7) is -0.0763. The molecule has 3 rings (SSSR count). The SMILES string of the molecule is CC(C)(COP(=O)([O-])OP(=O)([O-])OCC1OC(n2cnc3c(N)ncnc32)C(O)C1OP(=O)([O-])O)C(O)C(=O)NCCC(=O)NCCSC(=O)CCCC(=O)O.[Li+]. The van der Waals surface area contributed by atoms with E-state index in [0.717, 1.165) is 29.0 Å². The number of rotatable bonds is 23. The van der Waals surface area contributed by atoms with Gasteiger partial charge >= 0.3 is 24.8 Å². The van der Waals surface area contributed by atoms with E-state index in [1.165, 1.54) is 13.8 Å². The third kappa shape index (κ3) is 16.3. The number of nitrogens with zero attached hydrogens (tertiary/aromatic N) is 4. The number of aliphatic hydroxyl groups is 2. The van der Waals surface area contributed by atoms with Crippen LogP contribution in [0, 0.1) is 5.41 Å². The number of anilines is 1. The van der Waals surface area contributed by atoms with Gasteiger partial charge in [-0.2, -0.15) is 0 Å². The fourth-order valence-corrected chi connectivity index (χ4v) is 8.20. The maximum absolute atomic E-state index is 12.5. The molecule has 2 amide bonds. The Labute approximate surface area is 339 Å². The molecule has 0 aliphatic carbocycles. The van der Waals surface area contributed by atoms with E-state index in [1.54, 1.807) is 0 Å². The topological polar surface area (TPSA) is 409 Å². The fraction of sp³-hybridized carbons (Fsp3) is 0.654. The molecular formula is C26H39LiN7O19P3S-2. The monoisotopic (exact) mass is 885 g/mol. The Morgan fingerprint density at radius 3 is 2.37 bits per heavy atom. The van der Waals surface area contributed by atoms with Crippen molar-refractivity contribution in [2.45, 2.75) is 70.2 Å². The van der Waals surface area contributed by atoms with Crippen LogP contribution in [-0.2, 0) is 55.5 Å². The summed E-state index contributed by atoms with van der Waals surface area (Å²) >= 11 is 0.919. The maximum Gasteiger partial charge on any atom is 1.00 e. The largest absolute Gasteiger partial charge is 1.00 e. The normalized spacial score (nSPS) is 22.0. The van der Waals surface area contributed by atoms with Crippen LogP contribution in [-0.4, -0.2) is 119 Å². The number of nitrogens with two attached hydrogens (primary N) is 1. The number of hydrogen-bond donors (Lipinski definition) is 7. The van der Waals surface area contributed by atoms with Crippen molar-refractivity contribution in [3.05, 3.63) is 12.7 Å². The van der Waals surface area contributed by atoms with Crippen molar-refractivity contribution in [2.75, 3.05) is 37.8 Å². The Morgan fingerprint density at radius 1 is 1.05 bits per heavy atom. The number of hydrogen-bond acceptors (Lipinski definition) is 22. The molecule has 26 nitrogen and oxygen atoms in total. The molecule has 316 valence electrons. The molecule has 1 aliphatic rings. The van der Waals surface area contributed by atoms with Crippen LogP contribution in [0.3, 0.4) is 0 Å². The van der Waals surface area contributed by atoms with Crippen molar-refractivity contribution in [3.63, 3.8) is 0 Å². The molecule has 8 atom stereocenters. The van der Waals surface area contributed by atoms with Gasteiger partial charge in [-0.1, -0.05) is 25.6 Å². The Bertz CT molecular complexity index is 1870. The summed E-state index contributed by atoms with van der Waals surface area (Å²) in [4.78, 5) is 104. The number of carbonyl (C=O) groups excluding carboxylic acids is 3. The van der Waals surface area contributed by atoms with Crippen LogP contribution in [0.25, 0.3) is 11.2 Å². The fourth-order valence-electron chi connectivity index (χ4n) is 4.73. The van der Waals surface area contributed by atoms with E-state index in [-0.39, 0.29) is 85.5 Å². The number of phosphoric acid groups is 3. The Kier molecular flexibility index (Phi) is 19.4. The number of carbonyl (C=O) groups is 4. The zero-order valence-electron chi connectivity index (χ0n) is 30.4. The summed E-state index contributed by atoms with van der Waals surface area (Å²) in [6, 6.07) is 0. The molecular weight excluding hydrogens is 846 g/mol. The van der Waals surface area contributed by atoms with Crippen LogP contribution in [0.4, 0.5) is 5.82 Å². The molecule has 8 N–H and O–H groups in total. The van der Waals surface area contributed by atoms with Crippen LogP contribution >= 0.6 is 35.2 Å². The van der Waals surface area contributed by atoms with Gasteiger partial charge in [0.2, 0.25) is 11.8 Å². The molecule has 2 aromatic heterocycles. The predicted molar refractivity (Wildman–Crippen MR) is 182 cm³/mol. The van der Waals surface area contributed by atoms with E-state index in [0.29, 0.717) is 0 Å². The Morgan fingerprint density at radius 2 is 1.72 bits per heavy atom. The van der Waals surface area contributed by atoms with Crippen molar-refractivity contribution in [3.8, 4) is 0 Å². The van der Waals surface area contributed by atoms with Gasteiger partial charge in [0.05, 0.1) is 19.5 Å². The third-order valence-corrected chi connectivity index (χ3v) is 11.5. The summed E-state index contributed by atoms with van der Waals surface area (Å²) in [5, 5.41) is 34.4. The van der Waals surface area contributed by atoms with Gasteiger partial charge in [0.25, 0.3) is 23.5 Å².